The van der Waals surface area contributed by atoms with E-state index < -0.39 is 0 Å². The fraction of sp³-hybridized carbons (Fsp3) is 0.0159. The first-order valence-corrected chi connectivity index (χ1v) is 23.7. The lowest BCUT2D eigenvalue weighted by molar-refractivity contribution is 0.476. The number of aromatic nitrogens is 2. The largest absolute Gasteiger partial charge is 0.456 e. The molecule has 328 valence electrons. The molecule has 0 saturated carbocycles. The van der Waals surface area contributed by atoms with E-state index >= 15 is 0 Å². The molecule has 1 atom stereocenters. The zero-order chi connectivity index (χ0) is 45.9. The van der Waals surface area contributed by atoms with Crippen LogP contribution in [0.1, 0.15) is 22.9 Å². The van der Waals surface area contributed by atoms with Gasteiger partial charge in [0.15, 0.2) is 17.3 Å². The Labute approximate surface area is 401 Å². The summed E-state index contributed by atoms with van der Waals surface area (Å²) in [6.45, 7) is 0. The van der Waals surface area contributed by atoms with Crippen LogP contribution in [-0.2, 0) is 0 Å². The molecule has 0 saturated heterocycles. The number of furan rings is 1. The summed E-state index contributed by atoms with van der Waals surface area (Å²) in [4.78, 5) is 10.3. The van der Waals surface area contributed by atoms with Crippen molar-refractivity contribution in [2.24, 2.45) is 9.98 Å². The second-order valence-corrected chi connectivity index (χ2v) is 18.2. The molecule has 0 spiro atoms. The molecule has 10 aromatic carbocycles. The van der Waals surface area contributed by atoms with E-state index in [9.17, 15) is 0 Å². The van der Waals surface area contributed by atoms with Gasteiger partial charge in [0.1, 0.15) is 23.2 Å². The highest BCUT2D eigenvalue weighted by molar-refractivity contribution is 6.22. The number of fused-ring (bicyclic) bond motifs is 11. The molecule has 0 aliphatic carbocycles. The molecule has 0 radical (unpaired) electrons. The Balaban J connectivity index is 0.879. The number of nitrogens with zero attached hydrogens (tertiary/aromatic N) is 4. The Morgan fingerprint density at radius 2 is 1.01 bits per heavy atom. The van der Waals surface area contributed by atoms with Gasteiger partial charge < -0.3 is 23.6 Å². The molecule has 1 N–H and O–H groups in total. The van der Waals surface area contributed by atoms with Crippen LogP contribution < -0.4 is 10.1 Å². The molecule has 0 bridgehead atoms. The van der Waals surface area contributed by atoms with Gasteiger partial charge in [0.05, 0.1) is 27.8 Å². The quantitative estimate of drug-likeness (QED) is 0.181. The average molecular weight is 898 g/mol. The molecule has 7 heteroatoms. The highest BCUT2D eigenvalue weighted by atomic mass is 16.5. The summed E-state index contributed by atoms with van der Waals surface area (Å²) >= 11 is 0. The summed E-state index contributed by atoms with van der Waals surface area (Å²) in [7, 11) is 0. The van der Waals surface area contributed by atoms with Crippen molar-refractivity contribution in [2.45, 2.75) is 6.17 Å². The highest BCUT2D eigenvalue weighted by Crippen LogP contribution is 2.46. The van der Waals surface area contributed by atoms with Crippen LogP contribution in [0.15, 0.2) is 239 Å². The maximum Gasteiger partial charge on any atom is 0.159 e. The van der Waals surface area contributed by atoms with E-state index in [2.05, 4.69) is 178 Å². The number of rotatable bonds is 6. The van der Waals surface area contributed by atoms with E-state index in [0.29, 0.717) is 5.84 Å². The monoisotopic (exact) mass is 897 g/mol. The zero-order valence-corrected chi connectivity index (χ0v) is 37.5. The number of para-hydroxylation sites is 4. The molecular weight excluding hydrogens is 859 g/mol. The van der Waals surface area contributed by atoms with Crippen LogP contribution in [0.25, 0.3) is 99.2 Å². The Morgan fingerprint density at radius 1 is 0.429 bits per heavy atom. The molecule has 0 fully saturated rings. The van der Waals surface area contributed by atoms with Gasteiger partial charge in [0.25, 0.3) is 0 Å². The van der Waals surface area contributed by atoms with E-state index in [1.54, 1.807) is 0 Å². The number of aliphatic imine (C=N–C) groups is 2. The third kappa shape index (κ3) is 5.88. The second-order valence-electron chi connectivity index (χ2n) is 18.2. The Morgan fingerprint density at radius 3 is 1.74 bits per heavy atom. The summed E-state index contributed by atoms with van der Waals surface area (Å²) in [6, 6.07) is 79.3. The molecule has 5 heterocycles. The van der Waals surface area contributed by atoms with E-state index in [4.69, 9.17) is 19.1 Å². The number of amidine groups is 2. The minimum Gasteiger partial charge on any atom is -0.456 e. The summed E-state index contributed by atoms with van der Waals surface area (Å²) in [6.07, 6.45) is -0.316. The third-order valence-corrected chi connectivity index (χ3v) is 14.2. The standard InChI is InChI=1S/C63H39N5O2/c1-4-14-38(15-5-1)61-64-62(39-16-6-2-7-17-39)66-63(65-61)46-21-13-24-57-59(46)50-37-43(29-33-55(50)69-57)42-27-31-52-49(36-42)48-35-41(26-30-51(48)67(52)44-18-8-3-9-19-44)40-28-32-53-47(34-40)45-20-12-25-58-60(45)68(53)54-22-10-11-23-56(54)70-58/h1-37,61H,(H,64,65,66). The lowest BCUT2D eigenvalue weighted by atomic mass is 9.98. The predicted molar refractivity (Wildman–Crippen MR) is 285 cm³/mol. The summed E-state index contributed by atoms with van der Waals surface area (Å²) in [5.74, 6) is 3.17. The van der Waals surface area contributed by atoms with Crippen LogP contribution in [0.5, 0.6) is 11.5 Å². The van der Waals surface area contributed by atoms with Crippen molar-refractivity contribution in [2.75, 3.05) is 0 Å². The molecule has 7 nitrogen and oxygen atoms in total. The maximum absolute atomic E-state index is 6.59. The van der Waals surface area contributed by atoms with Crippen LogP contribution in [0.3, 0.4) is 0 Å². The first-order chi connectivity index (χ1) is 34.7. The number of ether oxygens (including phenoxy) is 1. The van der Waals surface area contributed by atoms with Crippen molar-refractivity contribution in [1.29, 1.82) is 0 Å². The second kappa shape index (κ2) is 15.0. The average Bonchev–Trinajstić information content (AvgIpc) is 4.09. The number of hydrogen-bond donors (Lipinski definition) is 1. The van der Waals surface area contributed by atoms with Gasteiger partial charge in [-0.2, -0.15) is 0 Å². The van der Waals surface area contributed by atoms with Gasteiger partial charge in [-0.25, -0.2) is 9.98 Å². The minimum absolute atomic E-state index is 0.316. The van der Waals surface area contributed by atoms with Crippen LogP contribution in [-0.4, -0.2) is 20.8 Å². The van der Waals surface area contributed by atoms with E-state index in [1.807, 2.05) is 60.7 Å². The number of benzene rings is 10. The normalized spacial score (nSPS) is 14.3. The number of nitrogens with one attached hydrogen (secondary N) is 1. The van der Waals surface area contributed by atoms with Gasteiger partial charge in [-0.05, 0) is 113 Å². The zero-order valence-electron chi connectivity index (χ0n) is 37.5. The van der Waals surface area contributed by atoms with Gasteiger partial charge in [0, 0.05) is 49.1 Å². The Bertz CT molecular complexity index is 4350. The van der Waals surface area contributed by atoms with Crippen molar-refractivity contribution >= 4 is 77.2 Å². The Kier molecular flexibility index (Phi) is 8.29. The molecule has 2 aliphatic rings. The van der Waals surface area contributed by atoms with Crippen molar-refractivity contribution in [3.63, 3.8) is 0 Å². The topological polar surface area (TPSA) is 69.0 Å². The molecular formula is C63H39N5O2. The minimum atomic E-state index is -0.316. The summed E-state index contributed by atoms with van der Waals surface area (Å²) in [5, 5.41) is 10.5. The van der Waals surface area contributed by atoms with Gasteiger partial charge in [-0.15, -0.1) is 0 Å². The van der Waals surface area contributed by atoms with E-state index in [-0.39, 0.29) is 6.17 Å². The lowest BCUT2D eigenvalue weighted by Crippen LogP contribution is -2.33. The summed E-state index contributed by atoms with van der Waals surface area (Å²) in [5.41, 5.74) is 15.9. The first-order valence-electron chi connectivity index (χ1n) is 23.7. The van der Waals surface area contributed by atoms with Crippen molar-refractivity contribution in [3.8, 4) is 45.1 Å². The summed E-state index contributed by atoms with van der Waals surface area (Å²) < 4.78 is 17.8. The fourth-order valence-electron chi connectivity index (χ4n) is 10.9. The van der Waals surface area contributed by atoms with Crippen LogP contribution >= 0.6 is 0 Å². The van der Waals surface area contributed by atoms with Crippen LogP contribution in [0.4, 0.5) is 0 Å². The molecule has 0 amide bonds. The maximum atomic E-state index is 6.59. The van der Waals surface area contributed by atoms with Gasteiger partial charge in [-0.3, -0.25) is 0 Å². The molecule has 3 aromatic heterocycles. The van der Waals surface area contributed by atoms with Crippen LogP contribution in [0.2, 0.25) is 0 Å². The molecule has 2 aliphatic heterocycles. The van der Waals surface area contributed by atoms with Crippen molar-refractivity contribution in [1.82, 2.24) is 14.5 Å². The van der Waals surface area contributed by atoms with Gasteiger partial charge >= 0.3 is 0 Å². The molecule has 15 rings (SSSR count). The smallest absolute Gasteiger partial charge is 0.159 e. The van der Waals surface area contributed by atoms with Crippen LogP contribution in [0, 0.1) is 0 Å². The van der Waals surface area contributed by atoms with Crippen molar-refractivity contribution < 1.29 is 9.15 Å². The molecule has 1 unspecified atom stereocenters. The SMILES string of the molecule is c1ccc(C2=NC(c3ccccc3)NC(c3cccc4oc5ccc(-c6ccc7c(c6)c6cc(-c8ccc9c(c8)c8cccc%10c8n9-c8ccccc8O%10)ccc6n7-c6ccccc6)cc5c34)=N2)cc1. The predicted octanol–water partition coefficient (Wildman–Crippen LogP) is 15.7. The number of hydrogen-bond acceptors (Lipinski definition) is 5. The van der Waals surface area contributed by atoms with E-state index in [0.717, 1.165) is 112 Å². The van der Waals surface area contributed by atoms with Gasteiger partial charge in [-0.1, -0.05) is 140 Å². The van der Waals surface area contributed by atoms with E-state index in [1.165, 1.54) is 21.5 Å². The lowest BCUT2D eigenvalue weighted by Gasteiger charge is -2.24. The fourth-order valence-corrected chi connectivity index (χ4v) is 10.9. The molecule has 70 heavy (non-hydrogen) atoms. The molecule has 13 aromatic rings. The Hall–Kier alpha value is -9.46. The van der Waals surface area contributed by atoms with Crippen molar-refractivity contribution in [3.05, 3.63) is 241 Å². The third-order valence-electron chi connectivity index (χ3n) is 14.2. The highest BCUT2D eigenvalue weighted by Gasteiger charge is 2.26. The van der Waals surface area contributed by atoms with Gasteiger partial charge in [0.2, 0.25) is 0 Å². The first kappa shape index (κ1) is 38.6.